The molecule has 1 rings (SSSR count). The highest BCUT2D eigenvalue weighted by atomic mass is 32.1. The van der Waals surface area contributed by atoms with Crippen LogP contribution in [0.4, 0.5) is 0 Å². The van der Waals surface area contributed by atoms with Gasteiger partial charge in [-0.25, -0.2) is 0 Å². The Morgan fingerprint density at radius 3 is 2.75 bits per heavy atom. The number of carbonyl (C=O) groups is 2. The van der Waals surface area contributed by atoms with Crippen LogP contribution in [0, 0.1) is 0 Å². The number of allylic oxidation sites excluding steroid dienone is 4. The molecule has 0 fully saturated rings. The molecule has 0 aromatic rings. The molecule has 0 saturated carbocycles. The van der Waals surface area contributed by atoms with Crippen LogP contribution in [0.25, 0.3) is 0 Å². The number of hydrogen-bond donors (Lipinski definition) is 1. The molecule has 1 aliphatic rings. The fourth-order valence-corrected chi connectivity index (χ4v) is 1.19. The van der Waals surface area contributed by atoms with E-state index in [0.29, 0.717) is 12.0 Å². The fourth-order valence-electron chi connectivity index (χ4n) is 1.03. The lowest BCUT2D eigenvalue weighted by Crippen LogP contribution is -2.16. The molecule has 0 bridgehead atoms. The van der Waals surface area contributed by atoms with Crippen molar-refractivity contribution in [1.29, 1.82) is 0 Å². The van der Waals surface area contributed by atoms with Crippen molar-refractivity contribution in [2.75, 3.05) is 5.75 Å². The maximum Gasteiger partial charge on any atom is 0.228 e. The van der Waals surface area contributed by atoms with E-state index in [1.165, 1.54) is 6.08 Å². The number of carbonyl (C=O) groups excluding carboxylic acids is 2. The van der Waals surface area contributed by atoms with Gasteiger partial charge in [0.15, 0.2) is 0 Å². The summed E-state index contributed by atoms with van der Waals surface area (Å²) < 4.78 is 0. The molecule has 64 valence electrons. The number of hydrogen-bond acceptors (Lipinski definition) is 3. The molecule has 0 unspecified atom stereocenters. The molecule has 0 aliphatic heterocycles. The summed E-state index contributed by atoms with van der Waals surface area (Å²) in [5.41, 5.74) is 0.608. The van der Waals surface area contributed by atoms with Gasteiger partial charge in [-0.1, -0.05) is 12.2 Å². The summed E-state index contributed by atoms with van der Waals surface area (Å²) in [5.74, 6) is -0.0337. The maximum atomic E-state index is 11.1. The largest absolute Gasteiger partial charge is 0.286 e. The van der Waals surface area contributed by atoms with Gasteiger partial charge < -0.3 is 0 Å². The number of ketones is 2. The Hall–Kier alpha value is -0.830. The molecule has 0 saturated heterocycles. The molecule has 0 N–H and O–H groups in total. The molecule has 0 radical (unpaired) electrons. The molecule has 0 spiro atoms. The van der Waals surface area contributed by atoms with E-state index in [4.69, 9.17) is 0 Å². The zero-order chi connectivity index (χ0) is 8.97. The monoisotopic (exact) mass is 182 g/mol. The van der Waals surface area contributed by atoms with Crippen molar-refractivity contribution in [3.8, 4) is 0 Å². The Morgan fingerprint density at radius 1 is 1.33 bits per heavy atom. The van der Waals surface area contributed by atoms with Gasteiger partial charge in [0.2, 0.25) is 11.6 Å². The zero-order valence-electron chi connectivity index (χ0n) is 6.62. The second-order valence-corrected chi connectivity index (χ2v) is 3.02. The summed E-state index contributed by atoms with van der Waals surface area (Å²) in [6, 6.07) is 0. The first-order valence-electron chi connectivity index (χ1n) is 3.82. The molecule has 3 heteroatoms. The molecule has 0 aromatic heterocycles. The minimum Gasteiger partial charge on any atom is -0.286 e. The van der Waals surface area contributed by atoms with Crippen LogP contribution in [-0.2, 0) is 9.59 Å². The van der Waals surface area contributed by atoms with Crippen LogP contribution in [0.5, 0.6) is 0 Å². The van der Waals surface area contributed by atoms with E-state index in [0.717, 1.165) is 12.2 Å². The Balaban J connectivity index is 2.63. The van der Waals surface area contributed by atoms with Crippen LogP contribution in [0.15, 0.2) is 23.8 Å². The van der Waals surface area contributed by atoms with Crippen molar-refractivity contribution in [2.45, 2.75) is 12.8 Å². The number of thiol groups is 1. The third-order valence-electron chi connectivity index (χ3n) is 1.66. The van der Waals surface area contributed by atoms with E-state index < -0.39 is 5.78 Å². The highest BCUT2D eigenvalue weighted by Gasteiger charge is 2.17. The average Bonchev–Trinajstić information content (AvgIpc) is 2.08. The van der Waals surface area contributed by atoms with E-state index in [1.807, 2.05) is 0 Å². The van der Waals surface area contributed by atoms with Gasteiger partial charge in [0.25, 0.3) is 0 Å². The number of Topliss-reactive ketones (excluding diaryl/α,β-unsaturated/α-hetero) is 1. The summed E-state index contributed by atoms with van der Waals surface area (Å²) in [5, 5.41) is 0. The van der Waals surface area contributed by atoms with Crippen molar-refractivity contribution in [1.82, 2.24) is 0 Å². The minimum atomic E-state index is -0.410. The second kappa shape index (κ2) is 4.26. The molecular weight excluding hydrogens is 172 g/mol. The molecule has 0 amide bonds. The van der Waals surface area contributed by atoms with Crippen LogP contribution in [0.2, 0.25) is 0 Å². The van der Waals surface area contributed by atoms with E-state index in [-0.39, 0.29) is 5.78 Å². The Morgan fingerprint density at radius 2 is 2.08 bits per heavy atom. The van der Waals surface area contributed by atoms with Gasteiger partial charge in [-0.3, -0.25) is 9.59 Å². The van der Waals surface area contributed by atoms with Crippen LogP contribution in [0.1, 0.15) is 12.8 Å². The van der Waals surface area contributed by atoms with Crippen LogP contribution in [0.3, 0.4) is 0 Å². The fraction of sp³-hybridized carbons (Fsp3) is 0.333. The first kappa shape index (κ1) is 9.26. The molecular formula is C9H10O2S. The van der Waals surface area contributed by atoms with Crippen molar-refractivity contribution < 1.29 is 9.59 Å². The van der Waals surface area contributed by atoms with Gasteiger partial charge in [0.05, 0.1) is 0 Å². The summed E-state index contributed by atoms with van der Waals surface area (Å²) in [6.45, 7) is 0. The third kappa shape index (κ3) is 2.08. The van der Waals surface area contributed by atoms with Gasteiger partial charge in [-0.05, 0) is 24.7 Å². The van der Waals surface area contributed by atoms with Gasteiger partial charge in [-0.2, -0.15) is 12.6 Å². The Kier molecular flexibility index (Phi) is 3.29. The third-order valence-corrected chi connectivity index (χ3v) is 1.98. The SMILES string of the molecule is O=C1C=CC=C(CCCS)C1=O. The van der Waals surface area contributed by atoms with Gasteiger partial charge in [-0.15, -0.1) is 0 Å². The van der Waals surface area contributed by atoms with Crippen molar-refractivity contribution in [3.63, 3.8) is 0 Å². The summed E-state index contributed by atoms with van der Waals surface area (Å²) in [4.78, 5) is 22.0. The van der Waals surface area contributed by atoms with E-state index in [2.05, 4.69) is 12.6 Å². The van der Waals surface area contributed by atoms with Gasteiger partial charge in [0.1, 0.15) is 0 Å². The minimum absolute atomic E-state index is 0.362. The summed E-state index contributed by atoms with van der Waals surface area (Å²) in [7, 11) is 0. The van der Waals surface area contributed by atoms with Crippen LogP contribution < -0.4 is 0 Å². The molecule has 12 heavy (non-hydrogen) atoms. The highest BCUT2D eigenvalue weighted by Crippen LogP contribution is 2.11. The maximum absolute atomic E-state index is 11.1. The lowest BCUT2D eigenvalue weighted by molar-refractivity contribution is -0.131. The van der Waals surface area contributed by atoms with E-state index in [1.54, 1.807) is 12.2 Å². The standard InChI is InChI=1S/C9H10O2S/c10-8-5-1-3-7(9(8)11)4-2-6-12/h1,3,5,12H,2,4,6H2. The second-order valence-electron chi connectivity index (χ2n) is 2.57. The quantitative estimate of drug-likeness (QED) is 0.406. The smallest absolute Gasteiger partial charge is 0.228 e. The van der Waals surface area contributed by atoms with Gasteiger partial charge >= 0.3 is 0 Å². The molecule has 0 heterocycles. The van der Waals surface area contributed by atoms with Gasteiger partial charge in [0, 0.05) is 5.57 Å². The zero-order valence-corrected chi connectivity index (χ0v) is 7.51. The molecule has 2 nitrogen and oxygen atoms in total. The first-order valence-corrected chi connectivity index (χ1v) is 4.45. The predicted octanol–water partition coefficient (Wildman–Crippen LogP) is 1.33. The summed E-state index contributed by atoms with van der Waals surface area (Å²) in [6.07, 6.45) is 6.11. The lowest BCUT2D eigenvalue weighted by atomic mass is 9.99. The average molecular weight is 182 g/mol. The topological polar surface area (TPSA) is 34.1 Å². The normalized spacial score (nSPS) is 16.6. The lowest BCUT2D eigenvalue weighted by Gasteiger charge is -2.04. The van der Waals surface area contributed by atoms with Crippen LogP contribution >= 0.6 is 12.6 Å². The van der Waals surface area contributed by atoms with Crippen LogP contribution in [-0.4, -0.2) is 17.3 Å². The Bertz CT molecular complexity index is 264. The molecule has 1 aliphatic carbocycles. The van der Waals surface area contributed by atoms with Crippen molar-refractivity contribution in [3.05, 3.63) is 23.8 Å². The summed E-state index contributed by atoms with van der Waals surface area (Å²) >= 11 is 4.03. The van der Waals surface area contributed by atoms with Crippen molar-refractivity contribution >= 4 is 24.2 Å². The first-order chi connectivity index (χ1) is 5.75. The van der Waals surface area contributed by atoms with E-state index in [9.17, 15) is 9.59 Å². The molecule has 0 aromatic carbocycles. The number of rotatable bonds is 3. The van der Waals surface area contributed by atoms with E-state index >= 15 is 0 Å². The Labute approximate surface area is 76.8 Å². The predicted molar refractivity (Wildman–Crippen MR) is 50.3 cm³/mol. The molecule has 0 atom stereocenters. The van der Waals surface area contributed by atoms with Crippen molar-refractivity contribution in [2.24, 2.45) is 0 Å². The highest BCUT2D eigenvalue weighted by molar-refractivity contribution is 7.80.